The van der Waals surface area contributed by atoms with E-state index in [-0.39, 0.29) is 4.87 Å². The minimum atomic E-state index is -0.0495. The highest BCUT2D eigenvalue weighted by Crippen LogP contribution is 2.20. The Labute approximate surface area is 80.7 Å². The van der Waals surface area contributed by atoms with Gasteiger partial charge in [-0.3, -0.25) is 0 Å². The molecule has 0 spiro atoms. The molecule has 1 aliphatic rings. The normalized spacial score (nSPS) is 32.0. The van der Waals surface area contributed by atoms with E-state index in [1.165, 1.54) is 12.8 Å². The van der Waals surface area contributed by atoms with Crippen molar-refractivity contribution in [2.24, 2.45) is 5.73 Å². The van der Waals surface area contributed by atoms with Gasteiger partial charge in [0.15, 0.2) is 0 Å². The predicted octanol–water partition coefficient (Wildman–Crippen LogP) is 1.51. The molecule has 1 saturated carbocycles. The number of thiol groups is 1. The van der Waals surface area contributed by atoms with Crippen LogP contribution in [-0.4, -0.2) is 17.0 Å². The molecule has 3 heteroatoms. The van der Waals surface area contributed by atoms with Crippen molar-refractivity contribution in [1.29, 1.82) is 0 Å². The molecule has 1 aliphatic carbocycles. The fourth-order valence-electron chi connectivity index (χ4n) is 1.76. The lowest BCUT2D eigenvalue weighted by Gasteiger charge is -2.32. The highest BCUT2D eigenvalue weighted by molar-refractivity contribution is 7.81. The average molecular weight is 188 g/mol. The van der Waals surface area contributed by atoms with Crippen molar-refractivity contribution in [3.05, 3.63) is 0 Å². The van der Waals surface area contributed by atoms with Gasteiger partial charge in [0.05, 0.1) is 4.87 Å². The van der Waals surface area contributed by atoms with Crippen LogP contribution in [0.2, 0.25) is 0 Å². The first-order chi connectivity index (χ1) is 5.47. The highest BCUT2D eigenvalue weighted by Gasteiger charge is 2.22. The summed E-state index contributed by atoms with van der Waals surface area (Å²) >= 11 is 4.45. The van der Waals surface area contributed by atoms with Crippen molar-refractivity contribution >= 4 is 12.6 Å². The average Bonchev–Trinajstić information content (AvgIpc) is 1.91. The topological polar surface area (TPSA) is 38.0 Å². The van der Waals surface area contributed by atoms with Gasteiger partial charge in [0, 0.05) is 12.1 Å². The number of nitrogens with two attached hydrogens (primary N) is 1. The third-order valence-corrected chi connectivity index (χ3v) is 2.46. The molecular weight excluding hydrogens is 168 g/mol. The van der Waals surface area contributed by atoms with E-state index in [2.05, 4.69) is 31.8 Å². The predicted molar refractivity (Wildman–Crippen MR) is 56.4 cm³/mol. The second-order valence-corrected chi connectivity index (χ2v) is 5.43. The fourth-order valence-corrected chi connectivity index (χ4v) is 1.95. The van der Waals surface area contributed by atoms with E-state index in [9.17, 15) is 0 Å². The third kappa shape index (κ3) is 3.78. The van der Waals surface area contributed by atoms with E-state index in [1.54, 1.807) is 0 Å². The number of nitrogens with one attached hydrogen (secondary N) is 1. The quantitative estimate of drug-likeness (QED) is 0.454. The molecule has 0 aliphatic heterocycles. The van der Waals surface area contributed by atoms with Gasteiger partial charge in [-0.1, -0.05) is 0 Å². The summed E-state index contributed by atoms with van der Waals surface area (Å²) in [5, 5.41) is 3.49. The molecule has 1 fully saturated rings. The van der Waals surface area contributed by atoms with Gasteiger partial charge in [0.25, 0.3) is 0 Å². The SMILES string of the molecule is CC(C)(S)NC1CCC(N)CC1. The minimum Gasteiger partial charge on any atom is -0.328 e. The van der Waals surface area contributed by atoms with Gasteiger partial charge in [-0.25, -0.2) is 0 Å². The van der Waals surface area contributed by atoms with Crippen LogP contribution in [0.1, 0.15) is 39.5 Å². The van der Waals surface area contributed by atoms with Crippen molar-refractivity contribution in [2.75, 3.05) is 0 Å². The van der Waals surface area contributed by atoms with Gasteiger partial charge in [-0.05, 0) is 39.5 Å². The summed E-state index contributed by atoms with van der Waals surface area (Å²) in [6, 6.07) is 1.06. The highest BCUT2D eigenvalue weighted by atomic mass is 32.1. The van der Waals surface area contributed by atoms with Crippen molar-refractivity contribution in [3.63, 3.8) is 0 Å². The van der Waals surface area contributed by atoms with Crippen LogP contribution >= 0.6 is 12.6 Å². The smallest absolute Gasteiger partial charge is 0.0560 e. The largest absolute Gasteiger partial charge is 0.328 e. The maximum Gasteiger partial charge on any atom is 0.0560 e. The molecule has 0 amide bonds. The summed E-state index contributed by atoms with van der Waals surface area (Å²) in [5.41, 5.74) is 5.81. The zero-order valence-corrected chi connectivity index (χ0v) is 8.90. The Balaban J connectivity index is 2.26. The Kier molecular flexibility index (Phi) is 3.44. The molecule has 0 atom stereocenters. The molecule has 3 N–H and O–H groups in total. The van der Waals surface area contributed by atoms with Gasteiger partial charge >= 0.3 is 0 Å². The van der Waals surface area contributed by atoms with E-state index in [0.29, 0.717) is 12.1 Å². The van der Waals surface area contributed by atoms with E-state index in [1.807, 2.05) is 0 Å². The molecule has 12 heavy (non-hydrogen) atoms. The van der Waals surface area contributed by atoms with Crippen LogP contribution in [0.5, 0.6) is 0 Å². The zero-order chi connectivity index (χ0) is 9.19. The molecule has 0 radical (unpaired) electrons. The Hall–Kier alpha value is 0.270. The van der Waals surface area contributed by atoms with Crippen LogP contribution in [0.3, 0.4) is 0 Å². The first kappa shape index (κ1) is 10.4. The fraction of sp³-hybridized carbons (Fsp3) is 1.00. The maximum atomic E-state index is 5.81. The molecule has 0 saturated heterocycles. The van der Waals surface area contributed by atoms with E-state index in [4.69, 9.17) is 5.73 Å². The van der Waals surface area contributed by atoms with Crippen molar-refractivity contribution < 1.29 is 0 Å². The second-order valence-electron chi connectivity index (χ2n) is 4.32. The van der Waals surface area contributed by atoms with E-state index in [0.717, 1.165) is 12.8 Å². The summed E-state index contributed by atoms with van der Waals surface area (Å²) in [6.07, 6.45) is 4.71. The van der Waals surface area contributed by atoms with Crippen LogP contribution in [0, 0.1) is 0 Å². The maximum absolute atomic E-state index is 5.81. The minimum absolute atomic E-state index is 0.0495. The van der Waals surface area contributed by atoms with Crippen LogP contribution in [0.15, 0.2) is 0 Å². The molecule has 0 bridgehead atoms. The lowest BCUT2D eigenvalue weighted by atomic mass is 9.91. The van der Waals surface area contributed by atoms with Gasteiger partial charge in [0.2, 0.25) is 0 Å². The number of hydrogen-bond acceptors (Lipinski definition) is 3. The van der Waals surface area contributed by atoms with Gasteiger partial charge in [-0.15, -0.1) is 0 Å². The molecule has 0 unspecified atom stereocenters. The van der Waals surface area contributed by atoms with Crippen molar-refractivity contribution in [3.8, 4) is 0 Å². The second kappa shape index (κ2) is 3.99. The van der Waals surface area contributed by atoms with Crippen molar-refractivity contribution in [2.45, 2.75) is 56.5 Å². The Morgan fingerprint density at radius 3 is 2.17 bits per heavy atom. The van der Waals surface area contributed by atoms with Crippen LogP contribution in [-0.2, 0) is 0 Å². The molecule has 0 aromatic rings. The molecule has 0 heterocycles. The van der Waals surface area contributed by atoms with E-state index < -0.39 is 0 Å². The third-order valence-electron chi connectivity index (χ3n) is 2.33. The van der Waals surface area contributed by atoms with E-state index >= 15 is 0 Å². The lowest BCUT2D eigenvalue weighted by molar-refractivity contribution is 0.316. The van der Waals surface area contributed by atoms with Gasteiger partial charge in [-0.2, -0.15) is 12.6 Å². The summed E-state index contributed by atoms with van der Waals surface area (Å²) in [5.74, 6) is 0. The zero-order valence-electron chi connectivity index (χ0n) is 8.01. The van der Waals surface area contributed by atoms with Crippen LogP contribution in [0.25, 0.3) is 0 Å². The standard InChI is InChI=1S/C9H20N2S/c1-9(2,12)11-8-5-3-7(10)4-6-8/h7-8,11-12H,3-6,10H2,1-2H3. The van der Waals surface area contributed by atoms with Gasteiger partial charge < -0.3 is 11.1 Å². The monoisotopic (exact) mass is 188 g/mol. The first-order valence-electron chi connectivity index (χ1n) is 4.73. The Morgan fingerprint density at radius 2 is 1.75 bits per heavy atom. The summed E-state index contributed by atoms with van der Waals surface area (Å²) < 4.78 is 0. The van der Waals surface area contributed by atoms with Gasteiger partial charge in [0.1, 0.15) is 0 Å². The first-order valence-corrected chi connectivity index (χ1v) is 5.18. The van der Waals surface area contributed by atoms with Crippen LogP contribution < -0.4 is 11.1 Å². The van der Waals surface area contributed by atoms with Crippen molar-refractivity contribution in [1.82, 2.24) is 5.32 Å². The molecule has 0 aromatic carbocycles. The summed E-state index contributed by atoms with van der Waals surface area (Å²) in [6.45, 7) is 4.18. The number of rotatable bonds is 2. The molecule has 0 aromatic heterocycles. The summed E-state index contributed by atoms with van der Waals surface area (Å²) in [7, 11) is 0. The summed E-state index contributed by atoms with van der Waals surface area (Å²) in [4.78, 5) is -0.0495. The number of hydrogen-bond donors (Lipinski definition) is 3. The molecule has 2 nitrogen and oxygen atoms in total. The van der Waals surface area contributed by atoms with Crippen LogP contribution in [0.4, 0.5) is 0 Å². The molecule has 72 valence electrons. The Morgan fingerprint density at radius 1 is 1.25 bits per heavy atom. The molecular formula is C9H20N2S. The lowest BCUT2D eigenvalue weighted by Crippen LogP contribution is -2.45. The Bertz CT molecular complexity index is 134. The molecule has 1 rings (SSSR count).